The highest BCUT2D eigenvalue weighted by atomic mass is 16.6. The molecule has 0 aromatic heterocycles. The van der Waals surface area contributed by atoms with Crippen LogP contribution in [0.25, 0.3) is 0 Å². The largest absolute Gasteiger partial charge is 0.485 e. The Hall–Kier alpha value is -2.24. The fraction of sp³-hybridized carbons (Fsp3) is 0.529. The van der Waals surface area contributed by atoms with Crippen LogP contribution in [0.2, 0.25) is 0 Å². The molecule has 0 saturated carbocycles. The lowest BCUT2D eigenvalue weighted by atomic mass is 10.0. The van der Waals surface area contributed by atoms with Gasteiger partial charge in [0.1, 0.15) is 12.6 Å². The summed E-state index contributed by atoms with van der Waals surface area (Å²) in [6, 6.07) is 6.49. The molecule has 1 aliphatic rings. The molecule has 0 fully saturated rings. The number of nitrogens with one attached hydrogen (secondary N) is 1. The van der Waals surface area contributed by atoms with Gasteiger partial charge in [-0.15, -0.1) is 0 Å². The zero-order valence-electron chi connectivity index (χ0n) is 13.7. The Kier molecular flexibility index (Phi) is 5.84. The van der Waals surface area contributed by atoms with Gasteiger partial charge in [-0.1, -0.05) is 26.0 Å². The first kappa shape index (κ1) is 17.1. The van der Waals surface area contributed by atoms with Crippen molar-refractivity contribution in [3.05, 3.63) is 24.3 Å². The highest BCUT2D eigenvalue weighted by Gasteiger charge is 2.31. The number of rotatable bonds is 6. The Morgan fingerprint density at radius 1 is 1.30 bits per heavy atom. The summed E-state index contributed by atoms with van der Waals surface area (Å²) in [5.74, 6) is 0.579. The van der Waals surface area contributed by atoms with E-state index in [-0.39, 0.29) is 25.0 Å². The molecule has 2 rings (SSSR count). The zero-order valence-corrected chi connectivity index (χ0v) is 13.7. The average Bonchev–Trinajstić information content (AvgIpc) is 2.53. The van der Waals surface area contributed by atoms with Crippen molar-refractivity contribution in [3.8, 4) is 11.5 Å². The predicted molar refractivity (Wildman–Crippen MR) is 84.4 cm³/mol. The van der Waals surface area contributed by atoms with Gasteiger partial charge in [0.15, 0.2) is 11.5 Å². The summed E-state index contributed by atoms with van der Waals surface area (Å²) in [5, 5.41) is 2.71. The number of hydrogen-bond donors (Lipinski definition) is 1. The molecule has 1 heterocycles. The molecule has 0 bridgehead atoms. The van der Waals surface area contributed by atoms with Crippen molar-refractivity contribution in [2.24, 2.45) is 5.92 Å². The summed E-state index contributed by atoms with van der Waals surface area (Å²) < 4.78 is 16.2. The van der Waals surface area contributed by atoms with Crippen LogP contribution in [0.3, 0.4) is 0 Å². The van der Waals surface area contributed by atoms with Crippen molar-refractivity contribution < 1.29 is 23.8 Å². The second-order valence-electron chi connectivity index (χ2n) is 5.81. The summed E-state index contributed by atoms with van der Waals surface area (Å²) in [4.78, 5) is 24.4. The highest BCUT2D eigenvalue weighted by molar-refractivity contribution is 5.87. The van der Waals surface area contributed by atoms with Crippen LogP contribution in [0, 0.1) is 5.92 Å². The molecule has 1 unspecified atom stereocenters. The first-order valence-electron chi connectivity index (χ1n) is 7.86. The van der Waals surface area contributed by atoms with Crippen LogP contribution in [0.1, 0.15) is 27.2 Å². The summed E-state index contributed by atoms with van der Waals surface area (Å²) in [7, 11) is 0. The van der Waals surface area contributed by atoms with E-state index in [4.69, 9.17) is 14.2 Å². The summed E-state index contributed by atoms with van der Waals surface area (Å²) in [6.07, 6.45) is -0.275. The van der Waals surface area contributed by atoms with E-state index >= 15 is 0 Å². The third-order valence-corrected chi connectivity index (χ3v) is 3.40. The smallest absolute Gasteiger partial charge is 0.328 e. The van der Waals surface area contributed by atoms with Crippen LogP contribution < -0.4 is 14.8 Å². The van der Waals surface area contributed by atoms with E-state index < -0.39 is 18.1 Å². The van der Waals surface area contributed by atoms with Crippen LogP contribution in [-0.4, -0.2) is 37.2 Å². The van der Waals surface area contributed by atoms with Gasteiger partial charge < -0.3 is 19.5 Å². The van der Waals surface area contributed by atoms with E-state index in [0.717, 1.165) is 0 Å². The van der Waals surface area contributed by atoms with Crippen LogP contribution >= 0.6 is 0 Å². The van der Waals surface area contributed by atoms with Crippen molar-refractivity contribution in [1.82, 2.24) is 5.32 Å². The van der Waals surface area contributed by atoms with Crippen molar-refractivity contribution in [1.29, 1.82) is 0 Å². The third kappa shape index (κ3) is 4.61. The minimum Gasteiger partial charge on any atom is -0.485 e. The van der Waals surface area contributed by atoms with Gasteiger partial charge in [0, 0.05) is 0 Å². The second kappa shape index (κ2) is 7.85. The molecular weight excluding hydrogens is 298 g/mol. The van der Waals surface area contributed by atoms with Crippen molar-refractivity contribution in [2.75, 3.05) is 13.2 Å². The predicted octanol–water partition coefficient (Wildman–Crippen LogP) is 1.92. The number of carbonyl (C=O) groups is 2. The number of ether oxygens (including phenoxy) is 3. The summed E-state index contributed by atoms with van der Waals surface area (Å²) in [6.45, 7) is 6.09. The van der Waals surface area contributed by atoms with Crippen molar-refractivity contribution >= 4 is 11.9 Å². The number of carbonyl (C=O) groups excluding carboxylic acids is 2. The van der Waals surface area contributed by atoms with Crippen LogP contribution in [0.4, 0.5) is 0 Å². The topological polar surface area (TPSA) is 73.9 Å². The lowest BCUT2D eigenvalue weighted by Crippen LogP contribution is -2.50. The number of amides is 1. The molecule has 1 aromatic rings. The third-order valence-electron chi connectivity index (χ3n) is 3.40. The first-order chi connectivity index (χ1) is 11.0. The molecule has 0 spiro atoms. The average molecular weight is 321 g/mol. The maximum absolute atomic E-state index is 12.4. The molecule has 2 atom stereocenters. The molecule has 0 radical (unpaired) electrons. The summed E-state index contributed by atoms with van der Waals surface area (Å²) >= 11 is 0. The molecular formula is C17H23NO5. The monoisotopic (exact) mass is 321 g/mol. The number of para-hydroxylation sites is 2. The Bertz CT molecular complexity index is 558. The van der Waals surface area contributed by atoms with Crippen molar-refractivity contribution in [2.45, 2.75) is 39.3 Å². The summed E-state index contributed by atoms with van der Waals surface area (Å²) in [5.41, 5.74) is 0. The van der Waals surface area contributed by atoms with Gasteiger partial charge in [0.25, 0.3) is 5.91 Å². The fourth-order valence-electron chi connectivity index (χ4n) is 2.34. The molecule has 1 aromatic carbocycles. The Labute approximate surface area is 136 Å². The molecule has 6 nitrogen and oxygen atoms in total. The van der Waals surface area contributed by atoms with Gasteiger partial charge in [0.05, 0.1) is 6.61 Å². The fourth-order valence-corrected chi connectivity index (χ4v) is 2.34. The molecule has 1 amide bonds. The zero-order chi connectivity index (χ0) is 16.8. The second-order valence-corrected chi connectivity index (χ2v) is 5.81. The lowest BCUT2D eigenvalue weighted by Gasteiger charge is -2.27. The molecule has 0 saturated heterocycles. The van der Waals surface area contributed by atoms with Gasteiger partial charge in [0.2, 0.25) is 6.10 Å². The van der Waals surface area contributed by atoms with Crippen LogP contribution in [-0.2, 0) is 14.3 Å². The van der Waals surface area contributed by atoms with E-state index in [0.29, 0.717) is 17.9 Å². The first-order valence-corrected chi connectivity index (χ1v) is 7.86. The Morgan fingerprint density at radius 2 is 2.00 bits per heavy atom. The number of esters is 1. The SMILES string of the molecule is CCOC(=O)[C@H](CC(C)C)NC(=O)C1COc2ccccc2O1. The molecule has 1 aliphatic heterocycles. The van der Waals surface area contributed by atoms with E-state index in [1.54, 1.807) is 19.1 Å². The Morgan fingerprint density at radius 3 is 2.65 bits per heavy atom. The van der Waals surface area contributed by atoms with E-state index in [2.05, 4.69) is 5.32 Å². The van der Waals surface area contributed by atoms with Gasteiger partial charge >= 0.3 is 5.97 Å². The maximum atomic E-state index is 12.4. The molecule has 23 heavy (non-hydrogen) atoms. The molecule has 126 valence electrons. The van der Waals surface area contributed by atoms with Gasteiger partial charge in [-0.25, -0.2) is 4.79 Å². The normalized spacial score (nSPS) is 17.5. The molecule has 0 aliphatic carbocycles. The molecule has 1 N–H and O–H groups in total. The van der Waals surface area contributed by atoms with E-state index in [9.17, 15) is 9.59 Å². The number of fused-ring (bicyclic) bond motifs is 1. The van der Waals surface area contributed by atoms with E-state index in [1.165, 1.54) is 0 Å². The number of benzene rings is 1. The van der Waals surface area contributed by atoms with E-state index in [1.807, 2.05) is 26.0 Å². The van der Waals surface area contributed by atoms with Gasteiger partial charge in [-0.3, -0.25) is 4.79 Å². The highest BCUT2D eigenvalue weighted by Crippen LogP contribution is 2.30. The number of hydrogen-bond acceptors (Lipinski definition) is 5. The van der Waals surface area contributed by atoms with Crippen molar-refractivity contribution in [3.63, 3.8) is 0 Å². The quantitative estimate of drug-likeness (QED) is 0.810. The van der Waals surface area contributed by atoms with Crippen LogP contribution in [0.15, 0.2) is 24.3 Å². The van der Waals surface area contributed by atoms with Crippen LogP contribution in [0.5, 0.6) is 11.5 Å². The Balaban J connectivity index is 2.00. The molecule has 6 heteroatoms. The minimum absolute atomic E-state index is 0.111. The van der Waals surface area contributed by atoms with Gasteiger partial charge in [-0.2, -0.15) is 0 Å². The van der Waals surface area contributed by atoms with Gasteiger partial charge in [-0.05, 0) is 31.4 Å². The minimum atomic E-state index is -0.783. The maximum Gasteiger partial charge on any atom is 0.328 e. The standard InChI is InChI=1S/C17H23NO5/c1-4-21-17(20)12(9-11(2)3)18-16(19)15-10-22-13-7-5-6-8-14(13)23-15/h5-8,11-12,15H,4,9-10H2,1-3H3,(H,18,19)/t12-,15?/m0/s1. The lowest BCUT2D eigenvalue weighted by molar-refractivity contribution is -0.149.